The molecular formula is C21H30N2O2. The second-order valence-corrected chi connectivity index (χ2v) is 7.99. The lowest BCUT2D eigenvalue weighted by molar-refractivity contribution is -0.132. The molecule has 4 atom stereocenters. The van der Waals surface area contributed by atoms with Crippen molar-refractivity contribution >= 4 is 5.91 Å². The first-order chi connectivity index (χ1) is 12.2. The minimum Gasteiger partial charge on any atom is -0.379 e. The second-order valence-electron chi connectivity index (χ2n) is 7.99. The van der Waals surface area contributed by atoms with Gasteiger partial charge in [0, 0.05) is 38.1 Å². The molecule has 0 aromatic heterocycles. The van der Waals surface area contributed by atoms with Crippen molar-refractivity contribution in [3.63, 3.8) is 0 Å². The van der Waals surface area contributed by atoms with Gasteiger partial charge in [0.1, 0.15) is 0 Å². The summed E-state index contributed by atoms with van der Waals surface area (Å²) in [5.74, 6) is 1.65. The van der Waals surface area contributed by atoms with Gasteiger partial charge in [-0.3, -0.25) is 9.69 Å². The quantitative estimate of drug-likeness (QED) is 0.843. The first-order valence-corrected chi connectivity index (χ1v) is 9.84. The molecule has 136 valence electrons. The van der Waals surface area contributed by atoms with Crippen molar-refractivity contribution in [1.29, 1.82) is 0 Å². The Morgan fingerprint density at radius 3 is 2.76 bits per heavy atom. The summed E-state index contributed by atoms with van der Waals surface area (Å²) >= 11 is 0. The topological polar surface area (TPSA) is 32.8 Å². The molecule has 0 spiro atoms. The van der Waals surface area contributed by atoms with Gasteiger partial charge in [-0.05, 0) is 30.7 Å². The summed E-state index contributed by atoms with van der Waals surface area (Å²) in [6, 6.07) is 9.19. The van der Waals surface area contributed by atoms with Gasteiger partial charge in [-0.25, -0.2) is 0 Å². The number of hydrogen-bond donors (Lipinski definition) is 0. The van der Waals surface area contributed by atoms with E-state index in [-0.39, 0.29) is 5.92 Å². The van der Waals surface area contributed by atoms with Crippen molar-refractivity contribution in [3.8, 4) is 0 Å². The van der Waals surface area contributed by atoms with E-state index in [4.69, 9.17) is 4.74 Å². The van der Waals surface area contributed by atoms with Gasteiger partial charge in [0.2, 0.25) is 5.91 Å². The number of likely N-dealkylation sites (tertiary alicyclic amines) is 1. The SMILES string of the molecule is CC[C@@H]1CN(C(=O)[C@@H]2C[C@H]2c2cccc(C)c2)C[C@H]1N1CCOCC1. The largest absolute Gasteiger partial charge is 0.379 e. The molecule has 0 unspecified atom stereocenters. The normalized spacial score (nSPS) is 32.8. The first kappa shape index (κ1) is 17.0. The third kappa shape index (κ3) is 3.47. The minimum atomic E-state index is 0.211. The Labute approximate surface area is 151 Å². The van der Waals surface area contributed by atoms with Gasteiger partial charge in [-0.2, -0.15) is 0 Å². The van der Waals surface area contributed by atoms with Crippen molar-refractivity contribution in [2.45, 2.75) is 38.6 Å². The van der Waals surface area contributed by atoms with E-state index in [2.05, 4.69) is 47.9 Å². The highest BCUT2D eigenvalue weighted by Crippen LogP contribution is 2.49. The van der Waals surface area contributed by atoms with Gasteiger partial charge in [0.25, 0.3) is 0 Å². The molecule has 25 heavy (non-hydrogen) atoms. The zero-order valence-electron chi connectivity index (χ0n) is 15.5. The molecule has 0 bridgehead atoms. The summed E-state index contributed by atoms with van der Waals surface area (Å²) in [5.41, 5.74) is 2.63. The van der Waals surface area contributed by atoms with E-state index in [1.165, 1.54) is 11.1 Å². The van der Waals surface area contributed by atoms with Crippen LogP contribution in [0.15, 0.2) is 24.3 Å². The van der Waals surface area contributed by atoms with Crippen molar-refractivity contribution in [1.82, 2.24) is 9.80 Å². The summed E-state index contributed by atoms with van der Waals surface area (Å²) in [6.45, 7) is 9.93. The van der Waals surface area contributed by atoms with Gasteiger partial charge >= 0.3 is 0 Å². The van der Waals surface area contributed by atoms with Crippen LogP contribution in [0.5, 0.6) is 0 Å². The maximum Gasteiger partial charge on any atom is 0.226 e. The monoisotopic (exact) mass is 342 g/mol. The standard InChI is InChI=1S/C21H30N2O2/c1-3-16-13-23(14-20(16)22-7-9-25-10-8-22)21(24)19-12-18(19)17-6-4-5-15(2)11-17/h4-6,11,16,18-20H,3,7-10,12-14H2,1-2H3/t16-,18+,19-,20-/m1/s1. The van der Waals surface area contributed by atoms with Crippen LogP contribution in [0, 0.1) is 18.8 Å². The second kappa shape index (κ2) is 7.08. The van der Waals surface area contributed by atoms with Crippen molar-refractivity contribution < 1.29 is 9.53 Å². The Morgan fingerprint density at radius 1 is 1.24 bits per heavy atom. The first-order valence-electron chi connectivity index (χ1n) is 9.84. The van der Waals surface area contributed by atoms with Crippen molar-refractivity contribution in [2.75, 3.05) is 39.4 Å². The van der Waals surface area contributed by atoms with Crippen molar-refractivity contribution in [2.24, 2.45) is 11.8 Å². The predicted molar refractivity (Wildman–Crippen MR) is 98.6 cm³/mol. The average molecular weight is 342 g/mol. The fraction of sp³-hybridized carbons (Fsp3) is 0.667. The molecule has 1 aromatic rings. The Kier molecular flexibility index (Phi) is 4.83. The number of carbonyl (C=O) groups excluding carboxylic acids is 1. The Bertz CT molecular complexity index is 626. The van der Waals surface area contributed by atoms with Crippen LogP contribution < -0.4 is 0 Å². The minimum absolute atomic E-state index is 0.211. The number of rotatable bonds is 4. The van der Waals surface area contributed by atoms with Crippen LogP contribution in [0.3, 0.4) is 0 Å². The number of morpholine rings is 1. The molecule has 3 fully saturated rings. The number of benzene rings is 1. The van der Waals surface area contributed by atoms with Crippen LogP contribution in [-0.2, 0) is 9.53 Å². The van der Waals surface area contributed by atoms with E-state index in [0.29, 0.717) is 23.8 Å². The van der Waals surface area contributed by atoms with E-state index >= 15 is 0 Å². The van der Waals surface area contributed by atoms with Gasteiger partial charge in [-0.15, -0.1) is 0 Å². The molecule has 4 rings (SSSR count). The molecule has 2 aliphatic heterocycles. The number of aryl methyl sites for hydroxylation is 1. The summed E-state index contributed by atoms with van der Waals surface area (Å²) in [4.78, 5) is 17.8. The van der Waals surface area contributed by atoms with E-state index in [1.807, 2.05) is 0 Å². The van der Waals surface area contributed by atoms with E-state index in [1.54, 1.807) is 0 Å². The van der Waals surface area contributed by atoms with Gasteiger partial charge < -0.3 is 9.64 Å². The zero-order chi connectivity index (χ0) is 17.4. The number of ether oxygens (including phenoxy) is 1. The summed E-state index contributed by atoms with van der Waals surface area (Å²) < 4.78 is 5.50. The molecule has 1 aromatic carbocycles. The maximum absolute atomic E-state index is 13.0. The maximum atomic E-state index is 13.0. The molecule has 0 N–H and O–H groups in total. The molecule has 1 aliphatic carbocycles. The predicted octanol–water partition coefficient (Wildman–Crippen LogP) is 2.67. The van der Waals surface area contributed by atoms with Crippen LogP contribution in [0.25, 0.3) is 0 Å². The fourth-order valence-corrected chi connectivity index (χ4v) is 4.73. The Balaban J connectivity index is 1.40. The van der Waals surface area contributed by atoms with Crippen LogP contribution in [0.1, 0.15) is 36.8 Å². The molecule has 4 nitrogen and oxygen atoms in total. The molecule has 4 heteroatoms. The highest BCUT2D eigenvalue weighted by atomic mass is 16.5. The average Bonchev–Trinajstić information content (AvgIpc) is 3.33. The van der Waals surface area contributed by atoms with Crippen LogP contribution in [-0.4, -0.2) is 61.1 Å². The van der Waals surface area contributed by atoms with Gasteiger partial charge in [0.15, 0.2) is 0 Å². The Morgan fingerprint density at radius 2 is 2.04 bits per heavy atom. The molecule has 2 saturated heterocycles. The molecule has 3 aliphatic rings. The molecule has 2 heterocycles. The van der Waals surface area contributed by atoms with Gasteiger partial charge in [-0.1, -0.05) is 43.2 Å². The lowest BCUT2D eigenvalue weighted by atomic mass is 9.99. The van der Waals surface area contributed by atoms with Gasteiger partial charge in [0.05, 0.1) is 13.2 Å². The highest BCUT2D eigenvalue weighted by molar-refractivity contribution is 5.83. The molecule has 1 amide bonds. The summed E-state index contributed by atoms with van der Waals surface area (Å²) in [5, 5.41) is 0. The summed E-state index contributed by atoms with van der Waals surface area (Å²) in [6.07, 6.45) is 2.18. The van der Waals surface area contributed by atoms with E-state index in [0.717, 1.165) is 52.2 Å². The molecular weight excluding hydrogens is 312 g/mol. The molecule has 1 saturated carbocycles. The third-order valence-electron chi connectivity index (χ3n) is 6.34. The lowest BCUT2D eigenvalue weighted by Crippen LogP contribution is -2.47. The number of amides is 1. The van der Waals surface area contributed by atoms with Crippen LogP contribution in [0.4, 0.5) is 0 Å². The van der Waals surface area contributed by atoms with E-state index < -0.39 is 0 Å². The smallest absolute Gasteiger partial charge is 0.226 e. The van der Waals surface area contributed by atoms with Crippen LogP contribution in [0.2, 0.25) is 0 Å². The fourth-order valence-electron chi connectivity index (χ4n) is 4.73. The van der Waals surface area contributed by atoms with Crippen LogP contribution >= 0.6 is 0 Å². The zero-order valence-corrected chi connectivity index (χ0v) is 15.5. The molecule has 0 radical (unpaired) electrons. The summed E-state index contributed by atoms with van der Waals surface area (Å²) in [7, 11) is 0. The Hall–Kier alpha value is -1.39. The number of carbonyl (C=O) groups is 1. The number of hydrogen-bond acceptors (Lipinski definition) is 3. The third-order valence-corrected chi connectivity index (χ3v) is 6.34. The lowest BCUT2D eigenvalue weighted by Gasteiger charge is -2.34. The van der Waals surface area contributed by atoms with Crippen molar-refractivity contribution in [3.05, 3.63) is 35.4 Å². The van der Waals surface area contributed by atoms with E-state index in [9.17, 15) is 4.79 Å². The number of nitrogens with zero attached hydrogens (tertiary/aromatic N) is 2. The highest BCUT2D eigenvalue weighted by Gasteiger charge is 2.48.